The van der Waals surface area contributed by atoms with Crippen LogP contribution in [0.25, 0.3) is 0 Å². The van der Waals surface area contributed by atoms with Crippen molar-refractivity contribution in [3.05, 3.63) is 51.0 Å². The zero-order valence-corrected chi connectivity index (χ0v) is 11.1. The molecule has 0 radical (unpaired) electrons. The molecule has 0 aliphatic heterocycles. The molecule has 0 aliphatic rings. The quantitative estimate of drug-likeness (QED) is 0.797. The summed E-state index contributed by atoms with van der Waals surface area (Å²) >= 11 is 15.4. The Morgan fingerprint density at radius 1 is 1.00 bits per heavy atom. The Bertz CT molecular complexity index is 497. The second-order valence-electron chi connectivity index (χ2n) is 3.07. The topological polar surface area (TPSA) is 24.9 Å². The van der Waals surface area contributed by atoms with Gasteiger partial charge in [-0.25, -0.2) is 4.98 Å². The van der Waals surface area contributed by atoms with E-state index < -0.39 is 0 Å². The molecule has 0 saturated heterocycles. The van der Waals surface area contributed by atoms with Crippen molar-refractivity contribution >= 4 is 50.6 Å². The zero-order valence-electron chi connectivity index (χ0n) is 8.05. The molecular weight excluding hydrogens is 311 g/mol. The molecule has 0 atom stereocenters. The van der Waals surface area contributed by atoms with Gasteiger partial charge in [0.25, 0.3) is 0 Å². The van der Waals surface area contributed by atoms with Crippen LogP contribution in [0.1, 0.15) is 0 Å². The molecule has 0 amide bonds. The standard InChI is InChI=1S/C11H7BrCl2N2/c12-9-5-2-6-10(15-9)16-11-7(13)3-1-4-8(11)14/h1-6H,(H,15,16). The Labute approximate surface area is 112 Å². The first-order valence-corrected chi connectivity index (χ1v) is 6.05. The van der Waals surface area contributed by atoms with Crippen molar-refractivity contribution in [3.63, 3.8) is 0 Å². The third-order valence-corrected chi connectivity index (χ3v) is 3.00. The van der Waals surface area contributed by atoms with Gasteiger partial charge >= 0.3 is 0 Å². The molecule has 2 nitrogen and oxygen atoms in total. The van der Waals surface area contributed by atoms with Gasteiger partial charge in [-0.05, 0) is 40.2 Å². The average molecular weight is 318 g/mol. The molecule has 1 aromatic heterocycles. The van der Waals surface area contributed by atoms with E-state index in [1.165, 1.54) is 0 Å². The number of aromatic nitrogens is 1. The number of nitrogens with one attached hydrogen (secondary N) is 1. The summed E-state index contributed by atoms with van der Waals surface area (Å²) in [6.07, 6.45) is 0. The Hall–Kier alpha value is -0.770. The number of pyridine rings is 1. The summed E-state index contributed by atoms with van der Waals surface area (Å²) in [7, 11) is 0. The molecule has 2 rings (SSSR count). The van der Waals surface area contributed by atoms with E-state index >= 15 is 0 Å². The van der Waals surface area contributed by atoms with Gasteiger partial charge in [0.15, 0.2) is 0 Å². The Balaban J connectivity index is 2.34. The highest BCUT2D eigenvalue weighted by Gasteiger charge is 2.05. The Morgan fingerprint density at radius 2 is 1.62 bits per heavy atom. The van der Waals surface area contributed by atoms with E-state index in [1.54, 1.807) is 18.2 Å². The lowest BCUT2D eigenvalue weighted by atomic mass is 10.3. The molecule has 0 fully saturated rings. The molecule has 0 spiro atoms. The van der Waals surface area contributed by atoms with Gasteiger partial charge in [0.1, 0.15) is 10.4 Å². The van der Waals surface area contributed by atoms with Crippen LogP contribution in [-0.2, 0) is 0 Å². The Kier molecular flexibility index (Phi) is 3.69. The van der Waals surface area contributed by atoms with Crippen LogP contribution in [0.15, 0.2) is 41.0 Å². The highest BCUT2D eigenvalue weighted by molar-refractivity contribution is 9.10. The van der Waals surface area contributed by atoms with Gasteiger partial charge in [-0.2, -0.15) is 0 Å². The third-order valence-electron chi connectivity index (χ3n) is 1.93. The predicted octanol–water partition coefficient (Wildman–Crippen LogP) is 4.89. The minimum absolute atomic E-state index is 0.564. The number of benzene rings is 1. The van der Waals surface area contributed by atoms with Crippen LogP contribution in [0.5, 0.6) is 0 Å². The van der Waals surface area contributed by atoms with Crippen molar-refractivity contribution in [1.82, 2.24) is 4.98 Å². The molecule has 1 N–H and O–H groups in total. The lowest BCUT2D eigenvalue weighted by Crippen LogP contribution is -1.94. The number of anilines is 2. The molecule has 82 valence electrons. The number of hydrogen-bond donors (Lipinski definition) is 1. The van der Waals surface area contributed by atoms with Gasteiger partial charge in [0, 0.05) is 0 Å². The second-order valence-corrected chi connectivity index (χ2v) is 4.69. The number of hydrogen-bond acceptors (Lipinski definition) is 2. The van der Waals surface area contributed by atoms with E-state index in [4.69, 9.17) is 23.2 Å². The monoisotopic (exact) mass is 316 g/mol. The molecule has 16 heavy (non-hydrogen) atoms. The summed E-state index contributed by atoms with van der Waals surface area (Å²) in [6, 6.07) is 10.9. The van der Waals surface area contributed by atoms with Gasteiger partial charge in [0.05, 0.1) is 15.7 Å². The van der Waals surface area contributed by atoms with E-state index in [0.717, 1.165) is 4.60 Å². The van der Waals surface area contributed by atoms with E-state index in [1.807, 2.05) is 18.2 Å². The molecule has 5 heteroatoms. The highest BCUT2D eigenvalue weighted by atomic mass is 79.9. The van der Waals surface area contributed by atoms with Gasteiger partial charge in [-0.1, -0.05) is 35.3 Å². The van der Waals surface area contributed by atoms with E-state index in [2.05, 4.69) is 26.2 Å². The summed E-state index contributed by atoms with van der Waals surface area (Å²) < 4.78 is 0.751. The van der Waals surface area contributed by atoms with Gasteiger partial charge in [0.2, 0.25) is 0 Å². The first kappa shape index (κ1) is 11.7. The number of rotatable bonds is 2. The van der Waals surface area contributed by atoms with E-state index in [0.29, 0.717) is 21.6 Å². The fraction of sp³-hybridized carbons (Fsp3) is 0. The fourth-order valence-electron chi connectivity index (χ4n) is 1.22. The van der Waals surface area contributed by atoms with E-state index in [-0.39, 0.29) is 0 Å². The van der Waals surface area contributed by atoms with Gasteiger partial charge in [-0.3, -0.25) is 0 Å². The van der Waals surface area contributed by atoms with Crippen molar-refractivity contribution in [2.75, 3.05) is 5.32 Å². The summed E-state index contributed by atoms with van der Waals surface area (Å²) in [5, 5.41) is 4.20. The summed E-state index contributed by atoms with van der Waals surface area (Å²) in [5.41, 5.74) is 0.663. The maximum atomic E-state index is 6.03. The minimum Gasteiger partial charge on any atom is -0.338 e. The Morgan fingerprint density at radius 3 is 2.25 bits per heavy atom. The van der Waals surface area contributed by atoms with Crippen molar-refractivity contribution in [2.24, 2.45) is 0 Å². The summed E-state index contributed by atoms with van der Waals surface area (Å²) in [6.45, 7) is 0. The summed E-state index contributed by atoms with van der Waals surface area (Å²) in [4.78, 5) is 4.24. The maximum absolute atomic E-state index is 6.03. The predicted molar refractivity (Wildman–Crippen MR) is 71.7 cm³/mol. The van der Waals surface area contributed by atoms with Crippen LogP contribution in [0.2, 0.25) is 10.0 Å². The molecule has 1 aromatic carbocycles. The fourth-order valence-corrected chi connectivity index (χ4v) is 2.06. The van der Waals surface area contributed by atoms with Crippen molar-refractivity contribution in [2.45, 2.75) is 0 Å². The molecule has 0 aliphatic carbocycles. The van der Waals surface area contributed by atoms with Crippen LogP contribution in [-0.4, -0.2) is 4.98 Å². The van der Waals surface area contributed by atoms with Crippen LogP contribution in [0, 0.1) is 0 Å². The third kappa shape index (κ3) is 2.67. The largest absolute Gasteiger partial charge is 0.338 e. The number of para-hydroxylation sites is 1. The molecule has 0 saturated carbocycles. The van der Waals surface area contributed by atoms with Crippen LogP contribution < -0.4 is 5.32 Å². The molecule has 0 bridgehead atoms. The number of halogens is 3. The van der Waals surface area contributed by atoms with Crippen molar-refractivity contribution in [1.29, 1.82) is 0 Å². The molecular formula is C11H7BrCl2N2. The molecule has 2 aromatic rings. The minimum atomic E-state index is 0.564. The van der Waals surface area contributed by atoms with Crippen LogP contribution in [0.3, 0.4) is 0 Å². The molecule has 0 unspecified atom stereocenters. The van der Waals surface area contributed by atoms with Crippen molar-refractivity contribution < 1.29 is 0 Å². The first-order valence-electron chi connectivity index (χ1n) is 4.50. The van der Waals surface area contributed by atoms with Gasteiger partial charge in [-0.15, -0.1) is 0 Å². The van der Waals surface area contributed by atoms with Crippen molar-refractivity contribution in [3.8, 4) is 0 Å². The zero-order chi connectivity index (χ0) is 11.5. The highest BCUT2D eigenvalue weighted by Crippen LogP contribution is 2.32. The first-order chi connectivity index (χ1) is 7.66. The summed E-state index contributed by atoms with van der Waals surface area (Å²) in [5.74, 6) is 0.685. The van der Waals surface area contributed by atoms with Gasteiger partial charge < -0.3 is 5.32 Å². The lowest BCUT2D eigenvalue weighted by molar-refractivity contribution is 1.26. The normalized spacial score (nSPS) is 10.2. The van der Waals surface area contributed by atoms with Crippen LogP contribution >= 0.6 is 39.1 Å². The number of nitrogens with zero attached hydrogens (tertiary/aromatic N) is 1. The second kappa shape index (κ2) is 5.04. The lowest BCUT2D eigenvalue weighted by Gasteiger charge is -2.09. The van der Waals surface area contributed by atoms with E-state index in [9.17, 15) is 0 Å². The van der Waals surface area contributed by atoms with Crippen LogP contribution in [0.4, 0.5) is 11.5 Å². The molecule has 1 heterocycles. The smallest absolute Gasteiger partial charge is 0.131 e. The maximum Gasteiger partial charge on any atom is 0.131 e. The SMILES string of the molecule is Clc1cccc(Cl)c1Nc1cccc(Br)n1. The average Bonchev–Trinajstić information content (AvgIpc) is 2.24.